The van der Waals surface area contributed by atoms with Crippen molar-refractivity contribution in [3.63, 3.8) is 0 Å². The Hall–Kier alpha value is 0.310. The molecule has 1 saturated carbocycles. The van der Waals surface area contributed by atoms with Crippen molar-refractivity contribution in [2.45, 2.75) is 65.3 Å². The van der Waals surface area contributed by atoms with Gasteiger partial charge in [0.2, 0.25) is 0 Å². The second-order valence-electron chi connectivity index (χ2n) is 6.27. The molecule has 0 spiro atoms. The Balaban J connectivity index is 2.44. The van der Waals surface area contributed by atoms with Gasteiger partial charge in [-0.2, -0.15) is 11.8 Å². The average molecular weight is 272 g/mol. The van der Waals surface area contributed by atoms with Gasteiger partial charge in [-0.3, -0.25) is 0 Å². The topological polar surface area (TPSA) is 12.0 Å². The van der Waals surface area contributed by atoms with E-state index in [-0.39, 0.29) is 0 Å². The molecule has 1 aliphatic rings. The minimum absolute atomic E-state index is 0.807. The van der Waals surface area contributed by atoms with Crippen molar-refractivity contribution in [1.82, 2.24) is 5.32 Å². The number of thioether (sulfide) groups is 1. The highest BCUT2D eigenvalue weighted by atomic mass is 32.2. The molecule has 0 radical (unpaired) electrons. The van der Waals surface area contributed by atoms with E-state index >= 15 is 0 Å². The van der Waals surface area contributed by atoms with E-state index in [0.29, 0.717) is 0 Å². The third-order valence-electron chi connectivity index (χ3n) is 4.55. The molecule has 0 aromatic carbocycles. The maximum absolute atomic E-state index is 3.80. The maximum atomic E-state index is 3.80. The number of hydrogen-bond acceptors (Lipinski definition) is 2. The van der Waals surface area contributed by atoms with Gasteiger partial charge >= 0.3 is 0 Å². The van der Waals surface area contributed by atoms with Crippen LogP contribution in [-0.2, 0) is 0 Å². The molecule has 0 aliphatic heterocycles. The van der Waals surface area contributed by atoms with Crippen molar-refractivity contribution in [2.24, 2.45) is 17.8 Å². The number of nitrogens with one attached hydrogen (secondary N) is 1. The standard InChI is InChI=1S/C16H33NS/c1-5-10-17-16-9-8-14(13(2)3)12-15(16)7-6-11-18-4/h13-17H,5-12H2,1-4H3. The molecule has 2 heteroatoms. The summed E-state index contributed by atoms with van der Waals surface area (Å²) in [6.07, 6.45) is 10.6. The van der Waals surface area contributed by atoms with Gasteiger partial charge in [0.1, 0.15) is 0 Å². The summed E-state index contributed by atoms with van der Waals surface area (Å²) in [5, 5.41) is 3.80. The zero-order valence-electron chi connectivity index (χ0n) is 12.9. The molecule has 0 heterocycles. The molecule has 0 aromatic heterocycles. The Kier molecular flexibility index (Phi) is 8.41. The van der Waals surface area contributed by atoms with Crippen molar-refractivity contribution in [3.8, 4) is 0 Å². The lowest BCUT2D eigenvalue weighted by atomic mass is 9.72. The second-order valence-corrected chi connectivity index (χ2v) is 7.26. The van der Waals surface area contributed by atoms with Crippen molar-refractivity contribution >= 4 is 11.8 Å². The van der Waals surface area contributed by atoms with Crippen molar-refractivity contribution in [2.75, 3.05) is 18.6 Å². The van der Waals surface area contributed by atoms with Crippen molar-refractivity contribution in [3.05, 3.63) is 0 Å². The summed E-state index contributed by atoms with van der Waals surface area (Å²) in [6, 6.07) is 0.807. The predicted octanol–water partition coefficient (Wildman–Crippen LogP) is 4.57. The quantitative estimate of drug-likeness (QED) is 0.649. The molecule has 3 atom stereocenters. The molecule has 1 nitrogen and oxygen atoms in total. The van der Waals surface area contributed by atoms with Gasteiger partial charge in [-0.15, -0.1) is 0 Å². The summed E-state index contributed by atoms with van der Waals surface area (Å²) in [6.45, 7) is 8.29. The molecular weight excluding hydrogens is 238 g/mol. The zero-order valence-corrected chi connectivity index (χ0v) is 13.7. The Morgan fingerprint density at radius 3 is 2.67 bits per heavy atom. The molecular formula is C16H33NS. The summed E-state index contributed by atoms with van der Waals surface area (Å²) in [4.78, 5) is 0. The van der Waals surface area contributed by atoms with Crippen LogP contribution in [-0.4, -0.2) is 24.6 Å². The molecule has 0 bridgehead atoms. The fourth-order valence-corrected chi connectivity index (χ4v) is 3.77. The van der Waals surface area contributed by atoms with Gasteiger partial charge < -0.3 is 5.32 Å². The smallest absolute Gasteiger partial charge is 0.00955 e. The molecule has 0 aromatic rings. The first-order chi connectivity index (χ1) is 8.69. The highest BCUT2D eigenvalue weighted by Gasteiger charge is 2.30. The molecule has 1 N–H and O–H groups in total. The van der Waals surface area contributed by atoms with Crippen molar-refractivity contribution < 1.29 is 0 Å². The first-order valence-corrected chi connectivity index (χ1v) is 9.30. The highest BCUT2D eigenvalue weighted by Crippen LogP contribution is 2.36. The molecule has 3 unspecified atom stereocenters. The van der Waals surface area contributed by atoms with E-state index in [1.165, 1.54) is 50.8 Å². The van der Waals surface area contributed by atoms with Crippen LogP contribution in [0.5, 0.6) is 0 Å². The highest BCUT2D eigenvalue weighted by molar-refractivity contribution is 7.98. The lowest BCUT2D eigenvalue weighted by Crippen LogP contribution is -2.41. The SMILES string of the molecule is CCCNC1CCC(C(C)C)CC1CCCSC. The van der Waals surface area contributed by atoms with Crippen LogP contribution >= 0.6 is 11.8 Å². The van der Waals surface area contributed by atoms with E-state index in [2.05, 4.69) is 32.3 Å². The zero-order chi connectivity index (χ0) is 13.4. The summed E-state index contributed by atoms with van der Waals surface area (Å²) in [7, 11) is 0. The Labute approximate surface area is 119 Å². The van der Waals surface area contributed by atoms with Gasteiger partial charge in [0, 0.05) is 6.04 Å². The van der Waals surface area contributed by atoms with Gasteiger partial charge in [0.05, 0.1) is 0 Å². The number of hydrogen-bond donors (Lipinski definition) is 1. The molecule has 0 amide bonds. The van der Waals surface area contributed by atoms with E-state index in [0.717, 1.165) is 23.8 Å². The van der Waals surface area contributed by atoms with Gasteiger partial charge in [0.15, 0.2) is 0 Å². The summed E-state index contributed by atoms with van der Waals surface area (Å²) < 4.78 is 0. The molecule has 1 fully saturated rings. The lowest BCUT2D eigenvalue weighted by molar-refractivity contribution is 0.160. The second kappa shape index (κ2) is 9.25. The van der Waals surface area contributed by atoms with E-state index < -0.39 is 0 Å². The van der Waals surface area contributed by atoms with Gasteiger partial charge in [-0.1, -0.05) is 20.8 Å². The first-order valence-electron chi connectivity index (χ1n) is 7.91. The van der Waals surface area contributed by atoms with Crippen LogP contribution in [0.4, 0.5) is 0 Å². The largest absolute Gasteiger partial charge is 0.314 e. The van der Waals surface area contributed by atoms with Crippen LogP contribution < -0.4 is 5.32 Å². The molecule has 1 aliphatic carbocycles. The molecule has 108 valence electrons. The summed E-state index contributed by atoms with van der Waals surface area (Å²) >= 11 is 2.00. The fraction of sp³-hybridized carbons (Fsp3) is 1.00. The van der Waals surface area contributed by atoms with Crippen LogP contribution in [0.3, 0.4) is 0 Å². The molecule has 18 heavy (non-hydrogen) atoms. The minimum Gasteiger partial charge on any atom is -0.314 e. The van der Waals surface area contributed by atoms with Crippen LogP contribution in [0.15, 0.2) is 0 Å². The molecule has 1 rings (SSSR count). The Morgan fingerprint density at radius 2 is 2.06 bits per heavy atom. The van der Waals surface area contributed by atoms with Crippen LogP contribution in [0.2, 0.25) is 0 Å². The summed E-state index contributed by atoms with van der Waals surface area (Å²) in [5.74, 6) is 4.12. The van der Waals surface area contributed by atoms with Crippen molar-refractivity contribution in [1.29, 1.82) is 0 Å². The lowest BCUT2D eigenvalue weighted by Gasteiger charge is -2.38. The van der Waals surface area contributed by atoms with Crippen LogP contribution in [0, 0.1) is 17.8 Å². The fourth-order valence-electron chi connectivity index (χ4n) is 3.31. The van der Waals surface area contributed by atoms with E-state index in [9.17, 15) is 0 Å². The normalized spacial score (nSPS) is 28.8. The van der Waals surface area contributed by atoms with E-state index in [1.54, 1.807) is 0 Å². The van der Waals surface area contributed by atoms with Gasteiger partial charge in [-0.25, -0.2) is 0 Å². The number of rotatable bonds is 8. The average Bonchev–Trinajstić information content (AvgIpc) is 2.37. The van der Waals surface area contributed by atoms with Crippen LogP contribution in [0.25, 0.3) is 0 Å². The Bertz CT molecular complexity index is 205. The first kappa shape index (κ1) is 16.4. The van der Waals surface area contributed by atoms with E-state index in [4.69, 9.17) is 0 Å². The third-order valence-corrected chi connectivity index (χ3v) is 5.24. The maximum Gasteiger partial charge on any atom is 0.00955 e. The molecule has 0 saturated heterocycles. The minimum atomic E-state index is 0.807. The van der Waals surface area contributed by atoms with E-state index in [1.807, 2.05) is 11.8 Å². The monoisotopic (exact) mass is 271 g/mol. The van der Waals surface area contributed by atoms with Gasteiger partial charge in [0.25, 0.3) is 0 Å². The summed E-state index contributed by atoms with van der Waals surface area (Å²) in [5.41, 5.74) is 0. The van der Waals surface area contributed by atoms with Crippen LogP contribution in [0.1, 0.15) is 59.3 Å². The predicted molar refractivity (Wildman–Crippen MR) is 85.4 cm³/mol. The Morgan fingerprint density at radius 1 is 1.28 bits per heavy atom. The third kappa shape index (κ3) is 5.52. The van der Waals surface area contributed by atoms with Gasteiger partial charge in [-0.05, 0) is 74.8 Å².